The molecule has 0 aromatic carbocycles. The van der Waals surface area contributed by atoms with Crippen molar-refractivity contribution in [2.24, 2.45) is 5.41 Å². The van der Waals surface area contributed by atoms with E-state index in [0.29, 0.717) is 12.4 Å². The van der Waals surface area contributed by atoms with Crippen LogP contribution in [-0.4, -0.2) is 33.2 Å². The summed E-state index contributed by atoms with van der Waals surface area (Å²) in [5.74, 6) is -0.201. The third-order valence-corrected chi connectivity index (χ3v) is 2.74. The number of rotatable bonds is 2. The standard InChI is InChI=1S/C14H15N3O2/c1-14(2)7-6-13(19)17(10-14)12(18)5-4-11-15-8-3-9-16-11/h3-9H,10H2,1-2H3. The summed E-state index contributed by atoms with van der Waals surface area (Å²) < 4.78 is 0. The Morgan fingerprint density at radius 2 is 2.05 bits per heavy atom. The predicted molar refractivity (Wildman–Crippen MR) is 70.7 cm³/mol. The van der Waals surface area contributed by atoms with Gasteiger partial charge in [0, 0.05) is 36.5 Å². The van der Waals surface area contributed by atoms with Crippen molar-refractivity contribution >= 4 is 17.9 Å². The van der Waals surface area contributed by atoms with Crippen LogP contribution in [0.2, 0.25) is 0 Å². The smallest absolute Gasteiger partial charge is 0.253 e. The van der Waals surface area contributed by atoms with Gasteiger partial charge in [-0.2, -0.15) is 0 Å². The summed E-state index contributed by atoms with van der Waals surface area (Å²) >= 11 is 0. The fourth-order valence-electron chi connectivity index (χ4n) is 1.74. The van der Waals surface area contributed by atoms with Crippen molar-refractivity contribution in [3.8, 4) is 0 Å². The number of hydrogen-bond donors (Lipinski definition) is 0. The van der Waals surface area contributed by atoms with E-state index in [0.717, 1.165) is 0 Å². The lowest BCUT2D eigenvalue weighted by Crippen LogP contribution is -2.43. The minimum Gasteiger partial charge on any atom is -0.275 e. The lowest BCUT2D eigenvalue weighted by molar-refractivity contribution is -0.140. The summed E-state index contributed by atoms with van der Waals surface area (Å²) in [5.41, 5.74) is -0.194. The molecule has 98 valence electrons. The van der Waals surface area contributed by atoms with Crippen molar-refractivity contribution in [3.63, 3.8) is 0 Å². The molecule has 0 spiro atoms. The van der Waals surface area contributed by atoms with E-state index < -0.39 is 0 Å². The zero-order valence-electron chi connectivity index (χ0n) is 10.9. The van der Waals surface area contributed by atoms with Gasteiger partial charge in [-0.1, -0.05) is 19.9 Å². The van der Waals surface area contributed by atoms with E-state index in [2.05, 4.69) is 9.97 Å². The van der Waals surface area contributed by atoms with Gasteiger partial charge >= 0.3 is 0 Å². The molecule has 2 heterocycles. The van der Waals surface area contributed by atoms with Crippen molar-refractivity contribution in [3.05, 3.63) is 42.5 Å². The van der Waals surface area contributed by atoms with Gasteiger partial charge in [-0.25, -0.2) is 9.97 Å². The zero-order valence-corrected chi connectivity index (χ0v) is 10.9. The zero-order chi connectivity index (χ0) is 13.9. The van der Waals surface area contributed by atoms with Crippen LogP contribution in [0.15, 0.2) is 36.7 Å². The molecule has 0 aliphatic carbocycles. The molecule has 1 aromatic heterocycles. The number of imide groups is 1. The van der Waals surface area contributed by atoms with Crippen molar-refractivity contribution < 1.29 is 9.59 Å². The van der Waals surface area contributed by atoms with Gasteiger partial charge in [-0.3, -0.25) is 14.5 Å². The molecule has 1 aliphatic rings. The van der Waals surface area contributed by atoms with Crippen LogP contribution in [0.25, 0.3) is 6.08 Å². The molecule has 1 aromatic rings. The van der Waals surface area contributed by atoms with Gasteiger partial charge in [0.15, 0.2) is 5.82 Å². The van der Waals surface area contributed by atoms with Gasteiger partial charge in [0.1, 0.15) is 0 Å². The van der Waals surface area contributed by atoms with Crippen LogP contribution in [-0.2, 0) is 9.59 Å². The van der Waals surface area contributed by atoms with E-state index in [1.165, 1.54) is 23.1 Å². The van der Waals surface area contributed by atoms with E-state index >= 15 is 0 Å². The monoisotopic (exact) mass is 257 g/mol. The normalized spacial score (nSPS) is 18.0. The second kappa shape index (κ2) is 5.14. The van der Waals surface area contributed by atoms with Crippen LogP contribution < -0.4 is 0 Å². The summed E-state index contributed by atoms with van der Waals surface area (Å²) in [6, 6.07) is 1.70. The molecule has 0 saturated carbocycles. The van der Waals surface area contributed by atoms with Crippen molar-refractivity contribution in [2.45, 2.75) is 13.8 Å². The first-order valence-electron chi connectivity index (χ1n) is 5.98. The number of amides is 2. The number of hydrogen-bond acceptors (Lipinski definition) is 4. The Morgan fingerprint density at radius 3 is 2.74 bits per heavy atom. The van der Waals surface area contributed by atoms with Gasteiger partial charge in [-0.05, 0) is 12.1 Å². The first-order valence-corrected chi connectivity index (χ1v) is 5.98. The van der Waals surface area contributed by atoms with Crippen LogP contribution in [0.4, 0.5) is 0 Å². The van der Waals surface area contributed by atoms with E-state index in [1.807, 2.05) is 19.9 Å². The number of aromatic nitrogens is 2. The van der Waals surface area contributed by atoms with Crippen molar-refractivity contribution in [1.82, 2.24) is 14.9 Å². The average molecular weight is 257 g/mol. The molecule has 2 amide bonds. The predicted octanol–water partition coefficient (Wildman–Crippen LogP) is 1.44. The summed E-state index contributed by atoms with van der Waals surface area (Å²) in [7, 11) is 0. The summed E-state index contributed by atoms with van der Waals surface area (Å²) in [5, 5.41) is 0. The molecular weight excluding hydrogens is 242 g/mol. The minimum absolute atomic E-state index is 0.194. The molecule has 0 radical (unpaired) electrons. The van der Waals surface area contributed by atoms with E-state index in [1.54, 1.807) is 18.5 Å². The van der Waals surface area contributed by atoms with Crippen LogP contribution in [0, 0.1) is 5.41 Å². The Morgan fingerprint density at radius 1 is 1.37 bits per heavy atom. The van der Waals surface area contributed by atoms with Gasteiger partial charge in [-0.15, -0.1) is 0 Å². The molecule has 1 aliphatic heterocycles. The fourth-order valence-corrected chi connectivity index (χ4v) is 1.74. The van der Waals surface area contributed by atoms with Gasteiger partial charge in [0.25, 0.3) is 11.8 Å². The Hall–Kier alpha value is -2.30. The highest BCUT2D eigenvalue weighted by Gasteiger charge is 2.29. The largest absolute Gasteiger partial charge is 0.275 e. The van der Waals surface area contributed by atoms with Gasteiger partial charge < -0.3 is 0 Å². The van der Waals surface area contributed by atoms with Crippen molar-refractivity contribution in [1.29, 1.82) is 0 Å². The lowest BCUT2D eigenvalue weighted by atomic mass is 9.89. The van der Waals surface area contributed by atoms with Crippen LogP contribution >= 0.6 is 0 Å². The van der Waals surface area contributed by atoms with Gasteiger partial charge in [0.2, 0.25) is 0 Å². The molecule has 0 unspecified atom stereocenters. The molecule has 0 atom stereocenters. The third kappa shape index (κ3) is 3.34. The molecule has 0 saturated heterocycles. The SMILES string of the molecule is CC1(C)C=CC(=O)N(C(=O)C=Cc2ncccn2)C1. The Kier molecular flexibility index (Phi) is 3.55. The van der Waals surface area contributed by atoms with Crippen LogP contribution in [0.1, 0.15) is 19.7 Å². The van der Waals surface area contributed by atoms with E-state index in [4.69, 9.17) is 0 Å². The van der Waals surface area contributed by atoms with Crippen molar-refractivity contribution in [2.75, 3.05) is 6.54 Å². The van der Waals surface area contributed by atoms with E-state index in [-0.39, 0.29) is 17.2 Å². The number of carbonyl (C=O) groups excluding carboxylic acids is 2. The topological polar surface area (TPSA) is 63.2 Å². The molecule has 2 rings (SSSR count). The first-order chi connectivity index (χ1) is 8.98. The molecule has 19 heavy (non-hydrogen) atoms. The maximum Gasteiger partial charge on any atom is 0.253 e. The summed E-state index contributed by atoms with van der Waals surface area (Å²) in [4.78, 5) is 32.9. The first kappa shape index (κ1) is 13.1. The maximum atomic E-state index is 12.0. The van der Waals surface area contributed by atoms with Crippen LogP contribution in [0.5, 0.6) is 0 Å². The Labute approximate surface area is 111 Å². The molecule has 5 nitrogen and oxygen atoms in total. The highest BCUT2D eigenvalue weighted by Crippen LogP contribution is 2.23. The average Bonchev–Trinajstić information content (AvgIpc) is 2.40. The molecule has 5 heteroatoms. The van der Waals surface area contributed by atoms with Crippen LogP contribution in [0.3, 0.4) is 0 Å². The summed E-state index contributed by atoms with van der Waals surface area (Å²) in [6.07, 6.45) is 9.27. The Bertz CT molecular complexity index is 547. The van der Waals surface area contributed by atoms with Gasteiger partial charge in [0.05, 0.1) is 0 Å². The second-order valence-electron chi connectivity index (χ2n) is 5.02. The Balaban J connectivity index is 2.10. The van der Waals surface area contributed by atoms with E-state index in [9.17, 15) is 9.59 Å². The fraction of sp³-hybridized carbons (Fsp3) is 0.286. The molecule has 0 fully saturated rings. The quantitative estimate of drug-likeness (QED) is 0.752. The second-order valence-corrected chi connectivity index (χ2v) is 5.02. The lowest BCUT2D eigenvalue weighted by Gasteiger charge is -2.31. The molecular formula is C14H15N3O2. The summed E-state index contributed by atoms with van der Waals surface area (Å²) in [6.45, 7) is 4.32. The third-order valence-electron chi connectivity index (χ3n) is 2.74. The molecule has 0 bridgehead atoms. The minimum atomic E-state index is -0.352. The maximum absolute atomic E-state index is 12.0. The highest BCUT2D eigenvalue weighted by molar-refractivity contribution is 6.07. The highest BCUT2D eigenvalue weighted by atomic mass is 16.2. The molecule has 0 N–H and O–H groups in total. The number of nitrogens with zero attached hydrogens (tertiary/aromatic N) is 3. The number of carbonyl (C=O) groups is 2.